The molecule has 0 amide bonds. The molecule has 3 nitrogen and oxygen atoms in total. The molecule has 3 aromatic rings. The van der Waals surface area contributed by atoms with Gasteiger partial charge >= 0.3 is 6.18 Å². The maximum absolute atomic E-state index is 12.4. The van der Waals surface area contributed by atoms with Gasteiger partial charge in [0.05, 0.1) is 5.56 Å². The van der Waals surface area contributed by atoms with Crippen molar-refractivity contribution >= 4 is 22.8 Å². The summed E-state index contributed by atoms with van der Waals surface area (Å²) in [5.41, 5.74) is 1.08. The lowest BCUT2D eigenvalue weighted by atomic mass is 10.2. The SMILES string of the molecule is FC(F)(F)c1ccc(Nc2nc3ccccc3o2)cc1. The Labute approximate surface area is 112 Å². The summed E-state index contributed by atoms with van der Waals surface area (Å²) in [5, 5.41) is 2.83. The molecule has 0 aliphatic heterocycles. The fraction of sp³-hybridized carbons (Fsp3) is 0.0714. The van der Waals surface area contributed by atoms with Gasteiger partial charge in [-0.2, -0.15) is 18.2 Å². The van der Waals surface area contributed by atoms with E-state index in [0.29, 0.717) is 16.8 Å². The number of alkyl halides is 3. The fourth-order valence-electron chi connectivity index (χ4n) is 1.79. The van der Waals surface area contributed by atoms with Crippen molar-refractivity contribution in [2.75, 3.05) is 5.32 Å². The van der Waals surface area contributed by atoms with Gasteiger partial charge < -0.3 is 9.73 Å². The Morgan fingerprint density at radius 3 is 2.30 bits per heavy atom. The van der Waals surface area contributed by atoms with Crippen LogP contribution in [0.15, 0.2) is 52.9 Å². The number of benzene rings is 2. The van der Waals surface area contributed by atoms with E-state index in [1.807, 2.05) is 12.1 Å². The van der Waals surface area contributed by atoms with Gasteiger partial charge in [-0.05, 0) is 36.4 Å². The average molecular weight is 278 g/mol. The third-order valence-corrected chi connectivity index (χ3v) is 2.76. The Morgan fingerprint density at radius 1 is 0.950 bits per heavy atom. The maximum atomic E-state index is 12.4. The molecule has 0 fully saturated rings. The largest absolute Gasteiger partial charge is 0.423 e. The molecule has 0 bridgehead atoms. The van der Waals surface area contributed by atoms with Crippen LogP contribution in [-0.2, 0) is 6.18 Å². The lowest BCUT2D eigenvalue weighted by Gasteiger charge is -2.07. The van der Waals surface area contributed by atoms with Gasteiger partial charge in [0.2, 0.25) is 0 Å². The molecule has 0 radical (unpaired) electrons. The first-order chi connectivity index (χ1) is 9.52. The predicted octanol–water partition coefficient (Wildman–Crippen LogP) is 4.59. The van der Waals surface area contributed by atoms with Crippen LogP contribution in [0.1, 0.15) is 5.56 Å². The highest BCUT2D eigenvalue weighted by Gasteiger charge is 2.29. The quantitative estimate of drug-likeness (QED) is 0.745. The van der Waals surface area contributed by atoms with Gasteiger partial charge in [0.15, 0.2) is 5.58 Å². The molecule has 0 saturated heterocycles. The van der Waals surface area contributed by atoms with Gasteiger partial charge in [-0.3, -0.25) is 0 Å². The molecule has 1 aromatic heterocycles. The summed E-state index contributed by atoms with van der Waals surface area (Å²) in [6.45, 7) is 0. The zero-order chi connectivity index (χ0) is 14.2. The molecule has 0 spiro atoms. The summed E-state index contributed by atoms with van der Waals surface area (Å²) in [6.07, 6.45) is -4.34. The van der Waals surface area contributed by atoms with E-state index in [9.17, 15) is 13.2 Å². The van der Waals surface area contributed by atoms with Gasteiger partial charge in [0, 0.05) is 5.69 Å². The van der Waals surface area contributed by atoms with E-state index in [-0.39, 0.29) is 6.01 Å². The second kappa shape index (κ2) is 4.56. The van der Waals surface area contributed by atoms with E-state index in [4.69, 9.17) is 4.42 Å². The number of nitrogens with zero attached hydrogens (tertiary/aromatic N) is 1. The monoisotopic (exact) mass is 278 g/mol. The van der Waals surface area contributed by atoms with E-state index in [0.717, 1.165) is 12.1 Å². The third-order valence-electron chi connectivity index (χ3n) is 2.76. The minimum atomic E-state index is -4.34. The third kappa shape index (κ3) is 2.45. The molecular formula is C14H9F3N2O. The Morgan fingerprint density at radius 2 is 1.65 bits per heavy atom. The van der Waals surface area contributed by atoms with Gasteiger partial charge in [-0.15, -0.1) is 0 Å². The maximum Gasteiger partial charge on any atom is 0.416 e. The van der Waals surface area contributed by atoms with Crippen molar-refractivity contribution in [2.45, 2.75) is 6.18 Å². The minimum Gasteiger partial charge on any atom is -0.423 e. The van der Waals surface area contributed by atoms with Crippen LogP contribution in [0.2, 0.25) is 0 Å². The second-order valence-electron chi connectivity index (χ2n) is 4.19. The molecule has 0 aliphatic carbocycles. The predicted molar refractivity (Wildman–Crippen MR) is 68.7 cm³/mol. The lowest BCUT2D eigenvalue weighted by molar-refractivity contribution is -0.137. The normalized spacial score (nSPS) is 11.8. The van der Waals surface area contributed by atoms with Gasteiger partial charge in [0.25, 0.3) is 6.01 Å². The highest BCUT2D eigenvalue weighted by atomic mass is 19.4. The second-order valence-corrected chi connectivity index (χ2v) is 4.19. The van der Waals surface area contributed by atoms with Crippen LogP contribution in [0.5, 0.6) is 0 Å². The van der Waals surface area contributed by atoms with Crippen molar-refractivity contribution in [1.29, 1.82) is 0 Å². The number of nitrogens with one attached hydrogen (secondary N) is 1. The van der Waals surface area contributed by atoms with Crippen LogP contribution in [0.3, 0.4) is 0 Å². The van der Waals surface area contributed by atoms with Crippen LogP contribution < -0.4 is 5.32 Å². The Balaban J connectivity index is 1.84. The van der Waals surface area contributed by atoms with Crippen molar-refractivity contribution in [1.82, 2.24) is 4.98 Å². The molecular weight excluding hydrogens is 269 g/mol. The summed E-state index contributed by atoms with van der Waals surface area (Å²) in [7, 11) is 0. The van der Waals surface area contributed by atoms with Crippen molar-refractivity contribution in [2.24, 2.45) is 0 Å². The topological polar surface area (TPSA) is 38.1 Å². The highest BCUT2D eigenvalue weighted by Crippen LogP contribution is 2.30. The summed E-state index contributed by atoms with van der Waals surface area (Å²) in [6, 6.07) is 12.1. The summed E-state index contributed by atoms with van der Waals surface area (Å²) < 4.78 is 42.7. The Hall–Kier alpha value is -2.50. The number of oxazole rings is 1. The van der Waals surface area contributed by atoms with Crippen molar-refractivity contribution in [3.8, 4) is 0 Å². The Kier molecular flexibility index (Phi) is 2.85. The first-order valence-electron chi connectivity index (χ1n) is 5.82. The van der Waals surface area contributed by atoms with Crippen molar-refractivity contribution in [3.63, 3.8) is 0 Å². The standard InChI is InChI=1S/C14H9F3N2O/c15-14(16,17)9-5-7-10(8-6-9)18-13-19-11-3-1-2-4-12(11)20-13/h1-8H,(H,18,19). The molecule has 3 rings (SSSR count). The number of rotatable bonds is 2. The van der Waals surface area contributed by atoms with Crippen LogP contribution in [0.4, 0.5) is 24.9 Å². The number of hydrogen-bond donors (Lipinski definition) is 1. The zero-order valence-electron chi connectivity index (χ0n) is 10.1. The molecule has 0 atom stereocenters. The van der Waals surface area contributed by atoms with Crippen LogP contribution >= 0.6 is 0 Å². The van der Waals surface area contributed by atoms with E-state index >= 15 is 0 Å². The minimum absolute atomic E-state index is 0.242. The number of para-hydroxylation sites is 2. The number of anilines is 2. The summed E-state index contributed by atoms with van der Waals surface area (Å²) in [5.74, 6) is 0. The molecule has 6 heteroatoms. The fourth-order valence-corrected chi connectivity index (χ4v) is 1.79. The molecule has 102 valence electrons. The molecule has 0 unspecified atom stereocenters. The van der Waals surface area contributed by atoms with Gasteiger partial charge in [0.1, 0.15) is 5.52 Å². The van der Waals surface area contributed by atoms with E-state index < -0.39 is 11.7 Å². The van der Waals surface area contributed by atoms with Crippen LogP contribution in [0.25, 0.3) is 11.1 Å². The van der Waals surface area contributed by atoms with E-state index in [2.05, 4.69) is 10.3 Å². The molecule has 2 aromatic carbocycles. The number of halogens is 3. The first-order valence-corrected chi connectivity index (χ1v) is 5.82. The zero-order valence-corrected chi connectivity index (χ0v) is 10.1. The van der Waals surface area contributed by atoms with Crippen molar-refractivity contribution in [3.05, 3.63) is 54.1 Å². The van der Waals surface area contributed by atoms with Crippen LogP contribution in [0, 0.1) is 0 Å². The Bertz CT molecular complexity index is 699. The molecule has 1 heterocycles. The smallest absolute Gasteiger partial charge is 0.416 e. The van der Waals surface area contributed by atoms with Crippen molar-refractivity contribution < 1.29 is 17.6 Å². The summed E-state index contributed by atoms with van der Waals surface area (Å²) in [4.78, 5) is 4.18. The lowest BCUT2D eigenvalue weighted by Crippen LogP contribution is -2.04. The highest BCUT2D eigenvalue weighted by molar-refractivity contribution is 5.75. The van der Waals surface area contributed by atoms with E-state index in [1.165, 1.54) is 12.1 Å². The molecule has 20 heavy (non-hydrogen) atoms. The summed E-state index contributed by atoms with van der Waals surface area (Å²) >= 11 is 0. The first kappa shape index (κ1) is 12.5. The number of hydrogen-bond acceptors (Lipinski definition) is 3. The average Bonchev–Trinajstić information content (AvgIpc) is 2.80. The van der Waals surface area contributed by atoms with Gasteiger partial charge in [-0.1, -0.05) is 12.1 Å². The van der Waals surface area contributed by atoms with Crippen LogP contribution in [-0.4, -0.2) is 4.98 Å². The number of aromatic nitrogens is 1. The molecule has 0 saturated carbocycles. The van der Waals surface area contributed by atoms with E-state index in [1.54, 1.807) is 12.1 Å². The molecule has 1 N–H and O–H groups in total. The molecule has 0 aliphatic rings. The number of fused-ring (bicyclic) bond motifs is 1. The van der Waals surface area contributed by atoms with Gasteiger partial charge in [-0.25, -0.2) is 0 Å².